The van der Waals surface area contributed by atoms with Crippen molar-refractivity contribution >= 4 is 17.5 Å². The molecule has 3 rings (SSSR count). The standard InChI is InChI=1S/C20H28N6O/c1-24(2)11-5-9-23-20(27)17-7-10-22-19(16-17)26-14-12-25(13-15-26)18-6-3-4-8-21-18/h3-4,6-8,10,16H,5,9,11-15H2,1-2H3,(H,23,27). The van der Waals surface area contributed by atoms with E-state index in [1.165, 1.54) is 0 Å². The molecular weight excluding hydrogens is 340 g/mol. The molecule has 0 radical (unpaired) electrons. The smallest absolute Gasteiger partial charge is 0.251 e. The van der Waals surface area contributed by atoms with Crippen molar-refractivity contribution in [1.82, 2.24) is 20.2 Å². The van der Waals surface area contributed by atoms with Gasteiger partial charge in [0.15, 0.2) is 0 Å². The Balaban J connectivity index is 1.54. The van der Waals surface area contributed by atoms with E-state index in [-0.39, 0.29) is 5.91 Å². The van der Waals surface area contributed by atoms with Crippen molar-refractivity contribution in [2.45, 2.75) is 6.42 Å². The summed E-state index contributed by atoms with van der Waals surface area (Å²) in [5.41, 5.74) is 0.664. The SMILES string of the molecule is CN(C)CCCNC(=O)c1ccnc(N2CCN(c3ccccn3)CC2)c1. The van der Waals surface area contributed by atoms with E-state index in [0.29, 0.717) is 12.1 Å². The molecule has 0 saturated carbocycles. The van der Waals surface area contributed by atoms with E-state index >= 15 is 0 Å². The molecule has 1 aliphatic heterocycles. The average Bonchev–Trinajstić information content (AvgIpc) is 2.72. The van der Waals surface area contributed by atoms with Gasteiger partial charge in [0.1, 0.15) is 11.6 Å². The Morgan fingerprint density at radius 2 is 1.74 bits per heavy atom. The number of hydrogen-bond donors (Lipinski definition) is 1. The highest BCUT2D eigenvalue weighted by molar-refractivity contribution is 5.94. The van der Waals surface area contributed by atoms with Crippen molar-refractivity contribution in [3.63, 3.8) is 0 Å². The van der Waals surface area contributed by atoms with Crippen molar-refractivity contribution in [3.8, 4) is 0 Å². The molecule has 7 nitrogen and oxygen atoms in total. The molecule has 27 heavy (non-hydrogen) atoms. The highest BCUT2D eigenvalue weighted by Gasteiger charge is 2.19. The Hall–Kier alpha value is -2.67. The second-order valence-electron chi connectivity index (χ2n) is 6.98. The highest BCUT2D eigenvalue weighted by Crippen LogP contribution is 2.18. The number of hydrogen-bond acceptors (Lipinski definition) is 6. The van der Waals surface area contributed by atoms with Crippen LogP contribution in [-0.2, 0) is 0 Å². The van der Waals surface area contributed by atoms with Crippen LogP contribution < -0.4 is 15.1 Å². The van der Waals surface area contributed by atoms with Crippen LogP contribution in [0.3, 0.4) is 0 Å². The molecule has 0 atom stereocenters. The molecule has 0 spiro atoms. The third-order valence-corrected chi connectivity index (χ3v) is 4.65. The lowest BCUT2D eigenvalue weighted by Crippen LogP contribution is -2.47. The second-order valence-corrected chi connectivity index (χ2v) is 6.98. The summed E-state index contributed by atoms with van der Waals surface area (Å²) >= 11 is 0. The molecule has 7 heteroatoms. The number of pyridine rings is 2. The molecule has 0 bridgehead atoms. The van der Waals surface area contributed by atoms with Crippen LogP contribution in [0.2, 0.25) is 0 Å². The normalized spacial score (nSPS) is 14.5. The number of rotatable bonds is 7. The summed E-state index contributed by atoms with van der Waals surface area (Å²) in [6.07, 6.45) is 4.48. The Morgan fingerprint density at radius 1 is 1.04 bits per heavy atom. The third-order valence-electron chi connectivity index (χ3n) is 4.65. The predicted octanol–water partition coefficient (Wildman–Crippen LogP) is 1.48. The van der Waals surface area contributed by atoms with Crippen molar-refractivity contribution in [1.29, 1.82) is 0 Å². The van der Waals surface area contributed by atoms with Crippen molar-refractivity contribution in [2.75, 3.05) is 63.2 Å². The molecule has 2 aromatic rings. The van der Waals surface area contributed by atoms with E-state index < -0.39 is 0 Å². The van der Waals surface area contributed by atoms with Gasteiger partial charge in [-0.05, 0) is 51.3 Å². The van der Waals surface area contributed by atoms with E-state index in [4.69, 9.17) is 0 Å². The van der Waals surface area contributed by atoms with Gasteiger partial charge in [0.05, 0.1) is 0 Å². The molecule has 1 amide bonds. The minimum absolute atomic E-state index is 0.0375. The van der Waals surface area contributed by atoms with Crippen LogP contribution in [0.4, 0.5) is 11.6 Å². The number of carbonyl (C=O) groups is 1. The number of nitrogens with zero attached hydrogens (tertiary/aromatic N) is 5. The van der Waals surface area contributed by atoms with Gasteiger partial charge in [0.2, 0.25) is 0 Å². The number of piperazine rings is 1. The molecule has 1 fully saturated rings. The van der Waals surface area contributed by atoms with Gasteiger partial charge < -0.3 is 20.0 Å². The molecular formula is C20H28N6O. The summed E-state index contributed by atoms with van der Waals surface area (Å²) in [5, 5.41) is 2.98. The Bertz CT molecular complexity index is 728. The zero-order valence-electron chi connectivity index (χ0n) is 16.1. The van der Waals surface area contributed by atoms with Gasteiger partial charge >= 0.3 is 0 Å². The van der Waals surface area contributed by atoms with Crippen LogP contribution in [0.1, 0.15) is 16.8 Å². The summed E-state index contributed by atoms with van der Waals surface area (Å²) in [7, 11) is 4.06. The Morgan fingerprint density at radius 3 is 2.41 bits per heavy atom. The first-order chi connectivity index (χ1) is 13.1. The largest absolute Gasteiger partial charge is 0.353 e. The first-order valence-corrected chi connectivity index (χ1v) is 9.43. The van der Waals surface area contributed by atoms with Gasteiger partial charge in [-0.1, -0.05) is 6.07 Å². The lowest BCUT2D eigenvalue weighted by molar-refractivity contribution is 0.0952. The van der Waals surface area contributed by atoms with Crippen LogP contribution in [0.15, 0.2) is 42.7 Å². The summed E-state index contributed by atoms with van der Waals surface area (Å²) in [4.78, 5) is 27.9. The second kappa shape index (κ2) is 9.32. The number of nitrogens with one attached hydrogen (secondary N) is 1. The van der Waals surface area contributed by atoms with E-state index in [2.05, 4.69) is 30.0 Å². The molecule has 1 aliphatic rings. The van der Waals surface area contributed by atoms with Crippen LogP contribution in [0.25, 0.3) is 0 Å². The van der Waals surface area contributed by atoms with E-state index in [1.54, 1.807) is 12.3 Å². The summed E-state index contributed by atoms with van der Waals surface area (Å²) in [6, 6.07) is 9.64. The van der Waals surface area contributed by atoms with Crippen LogP contribution in [0, 0.1) is 0 Å². The first-order valence-electron chi connectivity index (χ1n) is 9.43. The fourth-order valence-corrected chi connectivity index (χ4v) is 3.14. The minimum atomic E-state index is -0.0375. The maximum absolute atomic E-state index is 12.4. The van der Waals surface area contributed by atoms with E-state index in [9.17, 15) is 4.79 Å². The molecule has 1 N–H and O–H groups in total. The van der Waals surface area contributed by atoms with Crippen molar-refractivity contribution in [2.24, 2.45) is 0 Å². The van der Waals surface area contributed by atoms with Crippen LogP contribution in [-0.4, -0.2) is 74.1 Å². The van der Waals surface area contributed by atoms with E-state index in [0.717, 1.165) is 50.8 Å². The fourth-order valence-electron chi connectivity index (χ4n) is 3.14. The number of anilines is 2. The molecule has 144 valence electrons. The monoisotopic (exact) mass is 368 g/mol. The number of amides is 1. The molecule has 1 saturated heterocycles. The molecule has 0 unspecified atom stereocenters. The maximum atomic E-state index is 12.4. The van der Waals surface area contributed by atoms with Gasteiger partial charge in [-0.25, -0.2) is 9.97 Å². The van der Waals surface area contributed by atoms with E-state index in [1.807, 2.05) is 44.6 Å². The quantitative estimate of drug-likeness (QED) is 0.747. The van der Waals surface area contributed by atoms with Crippen molar-refractivity contribution < 1.29 is 4.79 Å². The lowest BCUT2D eigenvalue weighted by Gasteiger charge is -2.36. The van der Waals surface area contributed by atoms with Gasteiger partial charge in [0.25, 0.3) is 5.91 Å². The summed E-state index contributed by atoms with van der Waals surface area (Å²) in [5.74, 6) is 1.83. The predicted molar refractivity (Wildman–Crippen MR) is 108 cm³/mol. The van der Waals surface area contributed by atoms with Crippen molar-refractivity contribution in [3.05, 3.63) is 48.3 Å². The first kappa shape index (κ1) is 19.1. The van der Waals surface area contributed by atoms with Crippen LogP contribution >= 0.6 is 0 Å². The minimum Gasteiger partial charge on any atom is -0.353 e. The lowest BCUT2D eigenvalue weighted by atomic mass is 10.2. The Kier molecular flexibility index (Phi) is 6.59. The third kappa shape index (κ3) is 5.40. The Labute approximate surface area is 161 Å². The van der Waals surface area contributed by atoms with Gasteiger partial charge in [0, 0.05) is 50.7 Å². The zero-order chi connectivity index (χ0) is 19.1. The molecule has 0 aliphatic carbocycles. The van der Waals surface area contributed by atoms with Crippen LogP contribution in [0.5, 0.6) is 0 Å². The van der Waals surface area contributed by atoms with Gasteiger partial charge in [-0.3, -0.25) is 4.79 Å². The average molecular weight is 368 g/mol. The number of carbonyl (C=O) groups excluding carboxylic acids is 1. The topological polar surface area (TPSA) is 64.6 Å². The zero-order valence-corrected chi connectivity index (χ0v) is 16.1. The maximum Gasteiger partial charge on any atom is 0.251 e. The molecule has 0 aromatic carbocycles. The van der Waals surface area contributed by atoms with Gasteiger partial charge in [-0.2, -0.15) is 0 Å². The van der Waals surface area contributed by atoms with Gasteiger partial charge in [-0.15, -0.1) is 0 Å². The molecule has 2 aromatic heterocycles. The summed E-state index contributed by atoms with van der Waals surface area (Å²) in [6.45, 7) is 5.13. The fraction of sp³-hybridized carbons (Fsp3) is 0.450. The highest BCUT2D eigenvalue weighted by atomic mass is 16.1. The summed E-state index contributed by atoms with van der Waals surface area (Å²) < 4.78 is 0. The molecule has 3 heterocycles. The number of aromatic nitrogens is 2.